The number of hydrogen-bond donors (Lipinski definition) is 1. The fourth-order valence-electron chi connectivity index (χ4n) is 0.986. The molecule has 0 bridgehead atoms. The number of ether oxygens (including phenoxy) is 1. The molecule has 0 atom stereocenters. The van der Waals surface area contributed by atoms with E-state index in [4.69, 9.17) is 4.74 Å². The number of hydrazone groups is 1. The average molecular weight is 194 g/mol. The second-order valence-corrected chi connectivity index (χ2v) is 2.99. The van der Waals surface area contributed by atoms with Crippen LogP contribution in [0.2, 0.25) is 0 Å². The molecule has 0 saturated heterocycles. The molecule has 0 aliphatic heterocycles. The molecule has 14 heavy (non-hydrogen) atoms. The van der Waals surface area contributed by atoms with E-state index < -0.39 is 0 Å². The summed E-state index contributed by atoms with van der Waals surface area (Å²) in [5.41, 5.74) is 0.637. The number of methoxy groups -OCH3 is 1. The normalized spacial score (nSPS) is 10.5. The second kappa shape index (κ2) is 4.50. The Morgan fingerprint density at radius 1 is 1.43 bits per heavy atom. The van der Waals surface area contributed by atoms with Gasteiger partial charge < -0.3 is 14.9 Å². The molecule has 1 rings (SSSR count). The van der Waals surface area contributed by atoms with Crippen molar-refractivity contribution in [1.29, 1.82) is 0 Å². The number of phenolic OH excluding ortho intramolecular Hbond substituents is 1. The van der Waals surface area contributed by atoms with E-state index in [2.05, 4.69) is 5.10 Å². The third-order valence-electron chi connectivity index (χ3n) is 1.68. The number of rotatable bonds is 3. The molecule has 4 nitrogen and oxygen atoms in total. The third-order valence-corrected chi connectivity index (χ3v) is 1.68. The molecule has 0 spiro atoms. The van der Waals surface area contributed by atoms with Gasteiger partial charge in [0, 0.05) is 19.7 Å². The summed E-state index contributed by atoms with van der Waals surface area (Å²) in [5.74, 6) is 0.563. The molecule has 0 aliphatic carbocycles. The maximum absolute atomic E-state index is 9.67. The topological polar surface area (TPSA) is 45.1 Å². The van der Waals surface area contributed by atoms with Crippen LogP contribution in [0.15, 0.2) is 23.3 Å². The summed E-state index contributed by atoms with van der Waals surface area (Å²) in [6.45, 7) is 0. The summed E-state index contributed by atoms with van der Waals surface area (Å²) < 4.78 is 4.97. The van der Waals surface area contributed by atoms with Gasteiger partial charge >= 0.3 is 0 Å². The van der Waals surface area contributed by atoms with Crippen molar-refractivity contribution >= 4 is 6.21 Å². The predicted molar refractivity (Wildman–Crippen MR) is 55.9 cm³/mol. The van der Waals surface area contributed by atoms with Crippen molar-refractivity contribution in [1.82, 2.24) is 5.01 Å². The van der Waals surface area contributed by atoms with Gasteiger partial charge in [-0.25, -0.2) is 0 Å². The van der Waals surface area contributed by atoms with Crippen LogP contribution in [0, 0.1) is 0 Å². The monoisotopic (exact) mass is 194 g/mol. The minimum atomic E-state index is 0.112. The Labute approximate surface area is 83.4 Å². The Bertz CT molecular complexity index is 335. The summed E-state index contributed by atoms with van der Waals surface area (Å²) in [4.78, 5) is 0. The van der Waals surface area contributed by atoms with Crippen molar-refractivity contribution in [2.75, 3.05) is 21.2 Å². The van der Waals surface area contributed by atoms with Crippen LogP contribution in [-0.2, 0) is 0 Å². The molecule has 0 fully saturated rings. The lowest BCUT2D eigenvalue weighted by atomic mass is 10.2. The van der Waals surface area contributed by atoms with Crippen molar-refractivity contribution in [3.63, 3.8) is 0 Å². The maximum atomic E-state index is 9.67. The molecule has 0 amide bonds. The summed E-state index contributed by atoms with van der Waals surface area (Å²) >= 11 is 0. The van der Waals surface area contributed by atoms with Crippen LogP contribution < -0.4 is 4.74 Å². The zero-order valence-electron chi connectivity index (χ0n) is 8.56. The highest BCUT2D eigenvalue weighted by molar-refractivity contribution is 5.84. The number of nitrogens with zero attached hydrogens (tertiary/aromatic N) is 2. The first-order valence-corrected chi connectivity index (χ1v) is 4.22. The molecule has 0 unspecified atom stereocenters. The van der Waals surface area contributed by atoms with E-state index in [9.17, 15) is 5.11 Å². The van der Waals surface area contributed by atoms with Gasteiger partial charge in [-0.2, -0.15) is 5.10 Å². The molecule has 1 aromatic carbocycles. The predicted octanol–water partition coefficient (Wildman–Crippen LogP) is 1.30. The van der Waals surface area contributed by atoms with Crippen LogP contribution in [0.3, 0.4) is 0 Å². The zero-order chi connectivity index (χ0) is 10.6. The van der Waals surface area contributed by atoms with E-state index in [1.807, 2.05) is 14.1 Å². The van der Waals surface area contributed by atoms with Crippen LogP contribution in [-0.4, -0.2) is 37.5 Å². The Hall–Kier alpha value is -1.71. The third kappa shape index (κ3) is 2.39. The summed E-state index contributed by atoms with van der Waals surface area (Å²) in [6.07, 6.45) is 1.58. The quantitative estimate of drug-likeness (QED) is 0.582. The highest BCUT2D eigenvalue weighted by atomic mass is 16.5. The van der Waals surface area contributed by atoms with E-state index in [1.165, 1.54) is 7.11 Å². The smallest absolute Gasteiger partial charge is 0.166 e. The number of aromatic hydroxyl groups is 1. The van der Waals surface area contributed by atoms with Crippen molar-refractivity contribution in [3.05, 3.63) is 23.8 Å². The standard InChI is InChI=1S/C10H14N2O2/c1-12(2)11-7-8-5-4-6-9(14-3)10(8)13/h4-7,13H,1-3H3/b11-7-. The maximum Gasteiger partial charge on any atom is 0.166 e. The van der Waals surface area contributed by atoms with Crippen LogP contribution >= 0.6 is 0 Å². The zero-order valence-corrected chi connectivity index (χ0v) is 8.56. The first-order chi connectivity index (χ1) is 6.65. The molecule has 0 heterocycles. The van der Waals surface area contributed by atoms with Gasteiger partial charge in [0.05, 0.1) is 13.3 Å². The largest absolute Gasteiger partial charge is 0.504 e. The first kappa shape index (κ1) is 10.4. The van der Waals surface area contributed by atoms with E-state index in [0.717, 1.165) is 0 Å². The fraction of sp³-hybridized carbons (Fsp3) is 0.300. The van der Waals surface area contributed by atoms with Crippen LogP contribution in [0.1, 0.15) is 5.56 Å². The molecular weight excluding hydrogens is 180 g/mol. The number of hydrogen-bond acceptors (Lipinski definition) is 4. The van der Waals surface area contributed by atoms with Crippen molar-refractivity contribution in [2.24, 2.45) is 5.10 Å². The number of benzene rings is 1. The first-order valence-electron chi connectivity index (χ1n) is 4.22. The van der Waals surface area contributed by atoms with Gasteiger partial charge in [0.1, 0.15) is 0 Å². The lowest BCUT2D eigenvalue weighted by Gasteiger charge is -2.06. The van der Waals surface area contributed by atoms with E-state index in [0.29, 0.717) is 11.3 Å². The molecule has 0 aliphatic rings. The van der Waals surface area contributed by atoms with E-state index >= 15 is 0 Å². The molecule has 0 saturated carbocycles. The minimum Gasteiger partial charge on any atom is -0.504 e. The molecular formula is C10H14N2O2. The SMILES string of the molecule is COc1cccc(/C=N\N(C)C)c1O. The molecule has 4 heteroatoms. The van der Waals surface area contributed by atoms with Crippen LogP contribution in [0.25, 0.3) is 0 Å². The summed E-state index contributed by atoms with van der Waals surface area (Å²) in [5, 5.41) is 15.3. The van der Waals surface area contributed by atoms with Crippen molar-refractivity contribution in [2.45, 2.75) is 0 Å². The lowest BCUT2D eigenvalue weighted by molar-refractivity contribution is 0.373. The molecule has 0 aromatic heterocycles. The number of para-hydroxylation sites is 1. The second-order valence-electron chi connectivity index (χ2n) is 2.99. The highest BCUT2D eigenvalue weighted by Crippen LogP contribution is 2.27. The van der Waals surface area contributed by atoms with Gasteiger partial charge in [-0.1, -0.05) is 6.07 Å². The van der Waals surface area contributed by atoms with Gasteiger partial charge in [-0.15, -0.1) is 0 Å². The van der Waals surface area contributed by atoms with E-state index in [1.54, 1.807) is 29.4 Å². The molecule has 1 N–H and O–H groups in total. The average Bonchev–Trinajstić information content (AvgIpc) is 2.16. The molecule has 76 valence electrons. The van der Waals surface area contributed by atoms with Gasteiger partial charge in [0.25, 0.3) is 0 Å². The van der Waals surface area contributed by atoms with Crippen molar-refractivity contribution < 1.29 is 9.84 Å². The Balaban J connectivity index is 2.98. The Kier molecular flexibility index (Phi) is 3.34. The summed E-state index contributed by atoms with van der Waals surface area (Å²) in [6, 6.07) is 5.27. The lowest BCUT2D eigenvalue weighted by Crippen LogP contribution is -2.02. The minimum absolute atomic E-state index is 0.112. The highest BCUT2D eigenvalue weighted by Gasteiger charge is 2.04. The summed E-state index contributed by atoms with van der Waals surface area (Å²) in [7, 11) is 5.14. The van der Waals surface area contributed by atoms with Gasteiger partial charge in [0.15, 0.2) is 11.5 Å². The molecule has 0 radical (unpaired) electrons. The van der Waals surface area contributed by atoms with Gasteiger partial charge in [-0.05, 0) is 12.1 Å². The van der Waals surface area contributed by atoms with Crippen LogP contribution in [0.4, 0.5) is 0 Å². The van der Waals surface area contributed by atoms with Crippen molar-refractivity contribution in [3.8, 4) is 11.5 Å². The molecule has 1 aromatic rings. The van der Waals surface area contributed by atoms with Crippen LogP contribution in [0.5, 0.6) is 11.5 Å². The van der Waals surface area contributed by atoms with Gasteiger partial charge in [0.2, 0.25) is 0 Å². The van der Waals surface area contributed by atoms with E-state index in [-0.39, 0.29) is 5.75 Å². The fourth-order valence-corrected chi connectivity index (χ4v) is 0.986. The van der Waals surface area contributed by atoms with Gasteiger partial charge in [-0.3, -0.25) is 0 Å². The Morgan fingerprint density at radius 2 is 2.14 bits per heavy atom. The Morgan fingerprint density at radius 3 is 2.71 bits per heavy atom. The number of phenols is 1.